The molecular weight excluding hydrogens is 312 g/mol. The fraction of sp³-hybridized carbons (Fsp3) is 0.381. The molecule has 4 heteroatoms. The third-order valence-corrected chi connectivity index (χ3v) is 4.88. The minimum absolute atomic E-state index is 0.0771. The van der Waals surface area contributed by atoms with Gasteiger partial charge in [-0.25, -0.2) is 0 Å². The van der Waals surface area contributed by atoms with Gasteiger partial charge in [0.15, 0.2) is 0 Å². The van der Waals surface area contributed by atoms with Gasteiger partial charge in [0.25, 0.3) is 0 Å². The van der Waals surface area contributed by atoms with Crippen molar-refractivity contribution < 1.29 is 10.2 Å². The van der Waals surface area contributed by atoms with E-state index in [1.54, 1.807) is 24.3 Å². The lowest BCUT2D eigenvalue weighted by Crippen LogP contribution is -2.41. The van der Waals surface area contributed by atoms with Gasteiger partial charge in [-0.2, -0.15) is 5.26 Å². The van der Waals surface area contributed by atoms with E-state index < -0.39 is 6.10 Å². The minimum atomic E-state index is -0.649. The Balaban J connectivity index is 1.74. The molecule has 0 saturated heterocycles. The van der Waals surface area contributed by atoms with Crippen molar-refractivity contribution in [2.45, 2.75) is 31.5 Å². The highest BCUT2D eigenvalue weighted by atomic mass is 16.3. The fourth-order valence-corrected chi connectivity index (χ4v) is 3.29. The van der Waals surface area contributed by atoms with Gasteiger partial charge < -0.3 is 10.2 Å². The first kappa shape index (κ1) is 17.6. The molecule has 2 N–H and O–H groups in total. The highest BCUT2D eigenvalue weighted by molar-refractivity contribution is 5.32. The van der Waals surface area contributed by atoms with Gasteiger partial charge in [-0.05, 0) is 42.0 Å². The highest BCUT2D eigenvalue weighted by Gasteiger charge is 2.35. The molecule has 2 aromatic rings. The Morgan fingerprint density at radius 2 is 1.76 bits per heavy atom. The first-order chi connectivity index (χ1) is 12.2. The van der Waals surface area contributed by atoms with Gasteiger partial charge in [-0.3, -0.25) is 4.90 Å². The molecule has 0 aromatic heterocycles. The topological polar surface area (TPSA) is 67.5 Å². The number of nitrogens with zero attached hydrogens (tertiary/aromatic N) is 2. The Morgan fingerprint density at radius 1 is 1.08 bits per heavy atom. The Morgan fingerprint density at radius 3 is 2.32 bits per heavy atom. The van der Waals surface area contributed by atoms with Crippen molar-refractivity contribution in [3.8, 4) is 6.07 Å². The van der Waals surface area contributed by atoms with Crippen molar-refractivity contribution in [3.63, 3.8) is 0 Å². The summed E-state index contributed by atoms with van der Waals surface area (Å²) < 4.78 is 0. The van der Waals surface area contributed by atoms with Crippen LogP contribution < -0.4 is 0 Å². The van der Waals surface area contributed by atoms with E-state index in [0.29, 0.717) is 24.6 Å². The standard InChI is InChI=1S/C21H24N2O2/c22-12-16-6-8-19(9-7-16)21(25)14-23(20(15-24)18-10-11-18)13-17-4-2-1-3-5-17/h1-9,18,20-21,24-25H,10-11,13-15H2. The SMILES string of the molecule is N#Cc1ccc(C(O)CN(Cc2ccccc2)C(CO)C2CC2)cc1. The summed E-state index contributed by atoms with van der Waals surface area (Å²) in [7, 11) is 0. The molecule has 3 rings (SSSR count). The molecule has 1 fully saturated rings. The summed E-state index contributed by atoms with van der Waals surface area (Å²) in [5.74, 6) is 0.516. The number of hydrogen-bond acceptors (Lipinski definition) is 4. The fourth-order valence-electron chi connectivity index (χ4n) is 3.29. The average molecular weight is 336 g/mol. The van der Waals surface area contributed by atoms with Gasteiger partial charge in [0.05, 0.1) is 24.3 Å². The molecule has 1 aliphatic rings. The molecule has 1 saturated carbocycles. The summed E-state index contributed by atoms with van der Waals surface area (Å²) >= 11 is 0. The maximum absolute atomic E-state index is 10.7. The largest absolute Gasteiger partial charge is 0.395 e. The van der Waals surface area contributed by atoms with E-state index in [1.165, 1.54) is 5.56 Å². The molecule has 25 heavy (non-hydrogen) atoms. The van der Waals surface area contributed by atoms with Crippen LogP contribution in [-0.4, -0.2) is 34.3 Å². The summed E-state index contributed by atoms with van der Waals surface area (Å²) in [5, 5.41) is 29.5. The van der Waals surface area contributed by atoms with Crippen LogP contribution in [0.15, 0.2) is 54.6 Å². The van der Waals surface area contributed by atoms with Crippen LogP contribution in [0, 0.1) is 17.2 Å². The maximum Gasteiger partial charge on any atom is 0.0991 e. The van der Waals surface area contributed by atoms with Crippen LogP contribution in [0.1, 0.15) is 35.6 Å². The van der Waals surface area contributed by atoms with Crippen molar-refractivity contribution in [1.82, 2.24) is 4.90 Å². The van der Waals surface area contributed by atoms with Crippen molar-refractivity contribution >= 4 is 0 Å². The second kappa shape index (κ2) is 8.26. The van der Waals surface area contributed by atoms with Crippen LogP contribution >= 0.6 is 0 Å². The Hall–Kier alpha value is -2.19. The molecule has 2 atom stereocenters. The Bertz CT molecular complexity index is 705. The lowest BCUT2D eigenvalue weighted by Gasteiger charge is -2.32. The van der Waals surface area contributed by atoms with E-state index >= 15 is 0 Å². The Labute approximate surface area is 149 Å². The first-order valence-corrected chi connectivity index (χ1v) is 8.78. The van der Waals surface area contributed by atoms with E-state index in [1.807, 2.05) is 18.2 Å². The molecule has 4 nitrogen and oxygen atoms in total. The molecule has 1 aliphatic carbocycles. The summed E-state index contributed by atoms with van der Waals surface area (Å²) in [4.78, 5) is 2.19. The second-order valence-corrected chi connectivity index (χ2v) is 6.75. The number of rotatable bonds is 8. The molecule has 0 spiro atoms. The molecular formula is C21H24N2O2. The number of benzene rings is 2. The normalized spacial score (nSPS) is 16.4. The number of nitriles is 1. The van der Waals surface area contributed by atoms with Crippen LogP contribution in [0.3, 0.4) is 0 Å². The van der Waals surface area contributed by atoms with Crippen LogP contribution in [0.5, 0.6) is 0 Å². The third kappa shape index (κ3) is 4.67. The lowest BCUT2D eigenvalue weighted by molar-refractivity contribution is 0.0477. The third-order valence-electron chi connectivity index (χ3n) is 4.88. The van der Waals surface area contributed by atoms with Gasteiger partial charge in [0.1, 0.15) is 0 Å². The predicted molar refractivity (Wildman–Crippen MR) is 96.6 cm³/mol. The van der Waals surface area contributed by atoms with Gasteiger partial charge >= 0.3 is 0 Å². The lowest BCUT2D eigenvalue weighted by atomic mass is 10.0. The highest BCUT2D eigenvalue weighted by Crippen LogP contribution is 2.36. The summed E-state index contributed by atoms with van der Waals surface area (Å²) in [5.41, 5.74) is 2.56. The van der Waals surface area contributed by atoms with Crippen molar-refractivity contribution in [3.05, 3.63) is 71.3 Å². The van der Waals surface area contributed by atoms with Crippen molar-refractivity contribution in [1.29, 1.82) is 5.26 Å². The van der Waals surface area contributed by atoms with Crippen LogP contribution in [0.4, 0.5) is 0 Å². The van der Waals surface area contributed by atoms with Gasteiger partial charge in [0, 0.05) is 19.1 Å². The Kier molecular flexibility index (Phi) is 5.83. The molecule has 2 unspecified atom stereocenters. The molecule has 130 valence electrons. The van der Waals surface area contributed by atoms with E-state index in [-0.39, 0.29) is 12.6 Å². The predicted octanol–water partition coefficient (Wildman–Crippen LogP) is 2.86. The van der Waals surface area contributed by atoms with Gasteiger partial charge in [-0.1, -0.05) is 42.5 Å². The van der Waals surface area contributed by atoms with E-state index in [4.69, 9.17) is 5.26 Å². The molecule has 0 aliphatic heterocycles. The zero-order valence-corrected chi connectivity index (χ0v) is 14.3. The number of aliphatic hydroxyl groups excluding tert-OH is 2. The summed E-state index contributed by atoms with van der Waals surface area (Å²) in [6.07, 6.45) is 1.64. The van der Waals surface area contributed by atoms with Gasteiger partial charge in [0.2, 0.25) is 0 Å². The van der Waals surface area contributed by atoms with Crippen LogP contribution in [-0.2, 0) is 6.54 Å². The quantitative estimate of drug-likeness (QED) is 0.778. The van der Waals surface area contributed by atoms with Crippen LogP contribution in [0.2, 0.25) is 0 Å². The molecule has 2 aromatic carbocycles. The van der Waals surface area contributed by atoms with Gasteiger partial charge in [-0.15, -0.1) is 0 Å². The average Bonchev–Trinajstić information content (AvgIpc) is 3.48. The van der Waals surface area contributed by atoms with E-state index in [2.05, 4.69) is 23.1 Å². The van der Waals surface area contributed by atoms with Crippen molar-refractivity contribution in [2.75, 3.05) is 13.2 Å². The number of hydrogen-bond donors (Lipinski definition) is 2. The molecule has 0 bridgehead atoms. The zero-order chi connectivity index (χ0) is 17.6. The minimum Gasteiger partial charge on any atom is -0.395 e. The molecule has 0 radical (unpaired) electrons. The smallest absolute Gasteiger partial charge is 0.0991 e. The van der Waals surface area contributed by atoms with Crippen molar-refractivity contribution in [2.24, 2.45) is 5.92 Å². The van der Waals surface area contributed by atoms with E-state index in [0.717, 1.165) is 18.4 Å². The monoisotopic (exact) mass is 336 g/mol. The van der Waals surface area contributed by atoms with E-state index in [9.17, 15) is 10.2 Å². The molecule has 0 heterocycles. The summed E-state index contributed by atoms with van der Waals surface area (Å²) in [6, 6.07) is 19.4. The zero-order valence-electron chi connectivity index (χ0n) is 14.3. The molecule has 0 amide bonds. The number of aliphatic hydroxyl groups is 2. The van der Waals surface area contributed by atoms with Crippen LogP contribution in [0.25, 0.3) is 0 Å². The second-order valence-electron chi connectivity index (χ2n) is 6.75. The maximum atomic E-state index is 10.7. The summed E-state index contributed by atoms with van der Waals surface area (Å²) in [6.45, 7) is 1.27. The first-order valence-electron chi connectivity index (χ1n) is 8.78.